The molecule has 0 radical (unpaired) electrons. The van der Waals surface area contributed by atoms with E-state index in [4.69, 9.17) is 0 Å². The molecule has 16 heavy (non-hydrogen) atoms. The van der Waals surface area contributed by atoms with Crippen LogP contribution < -0.4 is 5.32 Å². The first kappa shape index (κ1) is 13.2. The molecule has 90 valence electrons. The molecule has 0 aliphatic heterocycles. The zero-order valence-corrected chi connectivity index (χ0v) is 10.7. The standard InChI is InChI=1S/C14H22FN/c1-5-14(3,4)13(16-6-2)11-8-7-9-12(15)10-11/h7-10,13,16H,5-6H2,1-4H3. The van der Waals surface area contributed by atoms with Crippen LogP contribution in [0.25, 0.3) is 0 Å². The second kappa shape index (κ2) is 5.44. The summed E-state index contributed by atoms with van der Waals surface area (Å²) in [4.78, 5) is 0. The third-order valence-corrected chi connectivity index (χ3v) is 3.28. The van der Waals surface area contributed by atoms with Crippen molar-refractivity contribution in [2.45, 2.75) is 40.2 Å². The maximum absolute atomic E-state index is 13.2. The monoisotopic (exact) mass is 223 g/mol. The maximum atomic E-state index is 13.2. The first-order valence-corrected chi connectivity index (χ1v) is 6.00. The van der Waals surface area contributed by atoms with Crippen LogP contribution in [0.2, 0.25) is 0 Å². The lowest BCUT2D eigenvalue weighted by Crippen LogP contribution is -2.33. The molecule has 1 nitrogen and oxygen atoms in total. The van der Waals surface area contributed by atoms with Crippen molar-refractivity contribution in [3.8, 4) is 0 Å². The molecule has 1 rings (SSSR count). The highest BCUT2D eigenvalue weighted by molar-refractivity contribution is 5.22. The van der Waals surface area contributed by atoms with Crippen LogP contribution in [0.3, 0.4) is 0 Å². The fourth-order valence-corrected chi connectivity index (χ4v) is 1.94. The van der Waals surface area contributed by atoms with E-state index >= 15 is 0 Å². The highest BCUT2D eigenvalue weighted by atomic mass is 19.1. The Morgan fingerprint density at radius 2 is 2.00 bits per heavy atom. The molecule has 2 heteroatoms. The van der Waals surface area contributed by atoms with E-state index in [2.05, 4.69) is 33.0 Å². The Morgan fingerprint density at radius 1 is 1.31 bits per heavy atom. The summed E-state index contributed by atoms with van der Waals surface area (Å²) in [6.07, 6.45) is 1.06. The summed E-state index contributed by atoms with van der Waals surface area (Å²) < 4.78 is 13.2. The van der Waals surface area contributed by atoms with Crippen LogP contribution in [0.15, 0.2) is 24.3 Å². The van der Waals surface area contributed by atoms with Crippen molar-refractivity contribution in [1.29, 1.82) is 0 Å². The van der Waals surface area contributed by atoms with Gasteiger partial charge in [0, 0.05) is 6.04 Å². The van der Waals surface area contributed by atoms with Crippen molar-refractivity contribution in [2.24, 2.45) is 5.41 Å². The summed E-state index contributed by atoms with van der Waals surface area (Å²) in [6, 6.07) is 7.10. The molecule has 1 aromatic carbocycles. The third-order valence-electron chi connectivity index (χ3n) is 3.28. The van der Waals surface area contributed by atoms with Crippen molar-refractivity contribution in [1.82, 2.24) is 5.32 Å². The Balaban J connectivity index is 3.02. The summed E-state index contributed by atoms with van der Waals surface area (Å²) in [6.45, 7) is 9.57. The van der Waals surface area contributed by atoms with Gasteiger partial charge in [0.25, 0.3) is 0 Å². The van der Waals surface area contributed by atoms with Gasteiger partial charge in [-0.3, -0.25) is 0 Å². The SMILES string of the molecule is CCNC(c1cccc(F)c1)C(C)(C)CC. The first-order valence-electron chi connectivity index (χ1n) is 6.00. The fraction of sp³-hybridized carbons (Fsp3) is 0.571. The average Bonchev–Trinajstić information content (AvgIpc) is 2.25. The predicted octanol–water partition coefficient (Wildman–Crippen LogP) is 3.91. The number of benzene rings is 1. The smallest absolute Gasteiger partial charge is 0.123 e. The molecule has 0 spiro atoms. The fourth-order valence-electron chi connectivity index (χ4n) is 1.94. The molecule has 0 aliphatic rings. The number of halogens is 1. The Morgan fingerprint density at radius 3 is 2.50 bits per heavy atom. The van der Waals surface area contributed by atoms with E-state index in [0.717, 1.165) is 18.5 Å². The van der Waals surface area contributed by atoms with Crippen molar-refractivity contribution in [2.75, 3.05) is 6.54 Å². The normalized spacial score (nSPS) is 13.8. The lowest BCUT2D eigenvalue weighted by atomic mass is 9.78. The van der Waals surface area contributed by atoms with E-state index in [0.29, 0.717) is 0 Å². The van der Waals surface area contributed by atoms with E-state index in [-0.39, 0.29) is 17.3 Å². The van der Waals surface area contributed by atoms with Crippen LogP contribution in [-0.4, -0.2) is 6.54 Å². The van der Waals surface area contributed by atoms with Crippen molar-refractivity contribution in [3.63, 3.8) is 0 Å². The Labute approximate surface area is 98.1 Å². The van der Waals surface area contributed by atoms with Gasteiger partial charge < -0.3 is 5.32 Å². The van der Waals surface area contributed by atoms with E-state index in [1.165, 1.54) is 6.07 Å². The lowest BCUT2D eigenvalue weighted by Gasteiger charge is -2.34. The third kappa shape index (κ3) is 3.05. The molecule has 1 atom stereocenters. The molecule has 0 saturated heterocycles. The van der Waals surface area contributed by atoms with Crippen molar-refractivity contribution >= 4 is 0 Å². The van der Waals surface area contributed by atoms with Crippen LogP contribution in [0.5, 0.6) is 0 Å². The summed E-state index contributed by atoms with van der Waals surface area (Å²) in [7, 11) is 0. The van der Waals surface area contributed by atoms with Gasteiger partial charge in [-0.25, -0.2) is 4.39 Å². The van der Waals surface area contributed by atoms with Crippen LogP contribution in [0.1, 0.15) is 45.7 Å². The van der Waals surface area contributed by atoms with Crippen molar-refractivity contribution in [3.05, 3.63) is 35.6 Å². The topological polar surface area (TPSA) is 12.0 Å². The van der Waals surface area contributed by atoms with E-state index in [1.54, 1.807) is 12.1 Å². The Hall–Kier alpha value is -0.890. The zero-order chi connectivity index (χ0) is 12.2. The van der Waals surface area contributed by atoms with Gasteiger partial charge in [-0.1, -0.05) is 39.8 Å². The van der Waals surface area contributed by atoms with Gasteiger partial charge >= 0.3 is 0 Å². The molecule has 0 aromatic heterocycles. The first-order chi connectivity index (χ1) is 7.51. The number of hydrogen-bond acceptors (Lipinski definition) is 1. The van der Waals surface area contributed by atoms with Crippen LogP contribution in [-0.2, 0) is 0 Å². The predicted molar refractivity (Wildman–Crippen MR) is 66.9 cm³/mol. The molecule has 1 aromatic rings. The zero-order valence-electron chi connectivity index (χ0n) is 10.7. The van der Waals surface area contributed by atoms with Crippen LogP contribution >= 0.6 is 0 Å². The summed E-state index contributed by atoms with van der Waals surface area (Å²) in [5, 5.41) is 3.45. The number of rotatable bonds is 5. The highest BCUT2D eigenvalue weighted by Crippen LogP contribution is 2.36. The molecule has 0 fully saturated rings. The molecule has 0 bridgehead atoms. The van der Waals surface area contributed by atoms with Gasteiger partial charge in [-0.2, -0.15) is 0 Å². The molecule has 1 unspecified atom stereocenters. The highest BCUT2D eigenvalue weighted by Gasteiger charge is 2.28. The van der Waals surface area contributed by atoms with Crippen LogP contribution in [0, 0.1) is 11.2 Å². The molecule has 0 amide bonds. The lowest BCUT2D eigenvalue weighted by molar-refractivity contribution is 0.237. The van der Waals surface area contributed by atoms with Crippen molar-refractivity contribution < 1.29 is 4.39 Å². The molecule has 0 aliphatic carbocycles. The second-order valence-electron chi connectivity index (χ2n) is 4.89. The molecular formula is C14H22FN. The Kier molecular flexibility index (Phi) is 4.48. The van der Waals surface area contributed by atoms with Gasteiger partial charge in [0.15, 0.2) is 0 Å². The molecule has 0 heterocycles. The van der Waals surface area contributed by atoms with Gasteiger partial charge in [0.2, 0.25) is 0 Å². The van der Waals surface area contributed by atoms with E-state index < -0.39 is 0 Å². The van der Waals surface area contributed by atoms with Crippen LogP contribution in [0.4, 0.5) is 4.39 Å². The summed E-state index contributed by atoms with van der Waals surface area (Å²) >= 11 is 0. The largest absolute Gasteiger partial charge is 0.310 e. The van der Waals surface area contributed by atoms with E-state index in [1.807, 2.05) is 6.07 Å². The minimum absolute atomic E-state index is 0.129. The number of hydrogen-bond donors (Lipinski definition) is 1. The molecule has 1 N–H and O–H groups in total. The minimum Gasteiger partial charge on any atom is -0.310 e. The average molecular weight is 223 g/mol. The Bertz CT molecular complexity index is 333. The molecule has 0 saturated carbocycles. The summed E-state index contributed by atoms with van der Waals surface area (Å²) in [5.41, 5.74) is 1.16. The maximum Gasteiger partial charge on any atom is 0.123 e. The van der Waals surface area contributed by atoms with Gasteiger partial charge in [0.05, 0.1) is 0 Å². The van der Waals surface area contributed by atoms with E-state index in [9.17, 15) is 4.39 Å². The van der Waals surface area contributed by atoms with Gasteiger partial charge in [-0.15, -0.1) is 0 Å². The minimum atomic E-state index is -0.160. The van der Waals surface area contributed by atoms with Gasteiger partial charge in [-0.05, 0) is 36.1 Å². The second-order valence-corrected chi connectivity index (χ2v) is 4.89. The van der Waals surface area contributed by atoms with Gasteiger partial charge in [0.1, 0.15) is 5.82 Å². The quantitative estimate of drug-likeness (QED) is 0.798. The molecular weight excluding hydrogens is 201 g/mol. The number of nitrogens with one attached hydrogen (secondary N) is 1. The summed E-state index contributed by atoms with van der Waals surface area (Å²) in [5.74, 6) is -0.160.